The van der Waals surface area contributed by atoms with E-state index >= 15 is 0 Å². The van der Waals surface area contributed by atoms with Crippen molar-refractivity contribution in [2.24, 2.45) is 21.7 Å². The Labute approximate surface area is 87.1 Å². The molecule has 0 radical (unpaired) electrons. The monoisotopic (exact) mass is 207 g/mol. The third kappa shape index (κ3) is 2.90. The zero-order chi connectivity index (χ0) is 11.4. The van der Waals surface area contributed by atoms with Gasteiger partial charge in [-0.25, -0.2) is 9.97 Å². The van der Waals surface area contributed by atoms with Gasteiger partial charge in [0.2, 0.25) is 11.9 Å². The molecule has 6 N–H and O–H groups in total. The third-order valence-electron chi connectivity index (χ3n) is 1.70. The van der Waals surface area contributed by atoms with E-state index in [2.05, 4.69) is 20.2 Å². The second-order valence-electron chi connectivity index (χ2n) is 2.94. The molecule has 1 aromatic rings. The molecule has 0 aliphatic carbocycles. The highest BCUT2D eigenvalue weighted by Gasteiger charge is 2.04. The SMILES string of the molecule is C/C(=N/N=C(N)N)c1cnc(N)nc1C. The van der Waals surface area contributed by atoms with E-state index in [1.165, 1.54) is 0 Å². The van der Waals surface area contributed by atoms with Gasteiger partial charge in [-0.2, -0.15) is 5.10 Å². The predicted molar refractivity (Wildman–Crippen MR) is 59.2 cm³/mol. The van der Waals surface area contributed by atoms with Crippen molar-refractivity contribution in [3.8, 4) is 0 Å². The van der Waals surface area contributed by atoms with E-state index in [4.69, 9.17) is 17.2 Å². The molecule has 15 heavy (non-hydrogen) atoms. The van der Waals surface area contributed by atoms with Gasteiger partial charge in [0.1, 0.15) is 0 Å². The lowest BCUT2D eigenvalue weighted by molar-refractivity contribution is 1.10. The summed E-state index contributed by atoms with van der Waals surface area (Å²) in [5, 5.41) is 7.36. The molecular formula is C8H13N7. The minimum atomic E-state index is -0.0941. The third-order valence-corrected chi connectivity index (χ3v) is 1.70. The maximum Gasteiger partial charge on any atom is 0.220 e. The smallest absolute Gasteiger partial charge is 0.220 e. The second-order valence-corrected chi connectivity index (χ2v) is 2.94. The highest BCUT2D eigenvalue weighted by Crippen LogP contribution is 2.06. The van der Waals surface area contributed by atoms with Crippen molar-refractivity contribution in [3.05, 3.63) is 17.5 Å². The molecule has 0 amide bonds. The van der Waals surface area contributed by atoms with Crippen LogP contribution in [0, 0.1) is 6.92 Å². The number of aromatic nitrogens is 2. The van der Waals surface area contributed by atoms with Crippen molar-refractivity contribution in [1.29, 1.82) is 0 Å². The van der Waals surface area contributed by atoms with Crippen LogP contribution in [-0.4, -0.2) is 21.6 Å². The van der Waals surface area contributed by atoms with Gasteiger partial charge in [0, 0.05) is 11.8 Å². The maximum atomic E-state index is 5.42. The van der Waals surface area contributed by atoms with E-state index in [0.717, 1.165) is 11.3 Å². The number of aryl methyl sites for hydroxylation is 1. The van der Waals surface area contributed by atoms with Crippen LogP contribution in [-0.2, 0) is 0 Å². The average Bonchev–Trinajstić information content (AvgIpc) is 2.14. The van der Waals surface area contributed by atoms with Gasteiger partial charge in [-0.05, 0) is 13.8 Å². The highest BCUT2D eigenvalue weighted by atomic mass is 15.3. The van der Waals surface area contributed by atoms with Crippen LogP contribution in [0.1, 0.15) is 18.2 Å². The number of hydrogen-bond acceptors (Lipinski definition) is 5. The topological polar surface area (TPSA) is 129 Å². The van der Waals surface area contributed by atoms with E-state index in [1.807, 2.05) is 6.92 Å². The number of nitrogens with two attached hydrogens (primary N) is 3. The van der Waals surface area contributed by atoms with E-state index < -0.39 is 0 Å². The van der Waals surface area contributed by atoms with Crippen LogP contribution in [0.4, 0.5) is 5.95 Å². The minimum Gasteiger partial charge on any atom is -0.369 e. The van der Waals surface area contributed by atoms with Crippen LogP contribution in [0.15, 0.2) is 16.4 Å². The van der Waals surface area contributed by atoms with Gasteiger partial charge in [-0.3, -0.25) is 0 Å². The lowest BCUT2D eigenvalue weighted by atomic mass is 10.2. The van der Waals surface area contributed by atoms with E-state index in [9.17, 15) is 0 Å². The molecule has 0 unspecified atom stereocenters. The summed E-state index contributed by atoms with van der Waals surface area (Å²) in [6.07, 6.45) is 1.58. The van der Waals surface area contributed by atoms with Crippen molar-refractivity contribution in [1.82, 2.24) is 9.97 Å². The summed E-state index contributed by atoms with van der Waals surface area (Å²) in [6, 6.07) is 0. The zero-order valence-corrected chi connectivity index (χ0v) is 8.60. The first kappa shape index (κ1) is 10.9. The molecule has 7 heteroatoms. The molecule has 1 rings (SSSR count). The largest absolute Gasteiger partial charge is 0.369 e. The Morgan fingerprint density at radius 2 is 2.00 bits per heavy atom. The first-order valence-corrected chi connectivity index (χ1v) is 4.23. The van der Waals surface area contributed by atoms with Gasteiger partial charge in [-0.1, -0.05) is 0 Å². The van der Waals surface area contributed by atoms with Crippen molar-refractivity contribution >= 4 is 17.6 Å². The van der Waals surface area contributed by atoms with Gasteiger partial charge in [0.05, 0.1) is 11.4 Å². The summed E-state index contributed by atoms with van der Waals surface area (Å²) in [5.41, 5.74) is 17.8. The summed E-state index contributed by atoms with van der Waals surface area (Å²) in [5.74, 6) is 0.134. The fraction of sp³-hybridized carbons (Fsp3) is 0.250. The first-order chi connectivity index (χ1) is 7.00. The van der Waals surface area contributed by atoms with Crippen molar-refractivity contribution in [3.63, 3.8) is 0 Å². The van der Waals surface area contributed by atoms with Crippen LogP contribution >= 0.6 is 0 Å². The van der Waals surface area contributed by atoms with Gasteiger partial charge in [0.25, 0.3) is 0 Å². The summed E-state index contributed by atoms with van der Waals surface area (Å²) < 4.78 is 0. The van der Waals surface area contributed by atoms with Crippen LogP contribution in [0.25, 0.3) is 0 Å². The summed E-state index contributed by atoms with van der Waals surface area (Å²) in [7, 11) is 0. The summed E-state index contributed by atoms with van der Waals surface area (Å²) >= 11 is 0. The molecule has 0 aliphatic rings. The normalized spacial score (nSPS) is 11.2. The quantitative estimate of drug-likeness (QED) is 0.337. The van der Waals surface area contributed by atoms with Gasteiger partial charge >= 0.3 is 0 Å². The van der Waals surface area contributed by atoms with Gasteiger partial charge < -0.3 is 17.2 Å². The lowest BCUT2D eigenvalue weighted by Gasteiger charge is -2.02. The van der Waals surface area contributed by atoms with Crippen molar-refractivity contribution in [2.45, 2.75) is 13.8 Å². The number of nitrogens with zero attached hydrogens (tertiary/aromatic N) is 4. The molecule has 0 aliphatic heterocycles. The standard InChI is InChI=1S/C8H13N7/c1-4-6(3-12-8(11)13-4)5(2)14-15-7(9)10/h3H,1-2H3,(H4,9,10,15)(H2,11,12,13)/b14-5-. The molecule has 0 bridgehead atoms. The number of hydrogen-bond donors (Lipinski definition) is 3. The van der Waals surface area contributed by atoms with Crippen molar-refractivity contribution < 1.29 is 0 Å². The molecule has 7 nitrogen and oxygen atoms in total. The molecule has 1 aromatic heterocycles. The highest BCUT2D eigenvalue weighted by molar-refractivity contribution is 5.99. The van der Waals surface area contributed by atoms with E-state index in [-0.39, 0.29) is 11.9 Å². The molecule has 0 aromatic carbocycles. The van der Waals surface area contributed by atoms with Crippen LogP contribution in [0.5, 0.6) is 0 Å². The Morgan fingerprint density at radius 3 is 2.53 bits per heavy atom. The average molecular weight is 207 g/mol. The number of nitrogen functional groups attached to an aromatic ring is 1. The maximum absolute atomic E-state index is 5.42. The Kier molecular flexibility index (Phi) is 3.17. The zero-order valence-electron chi connectivity index (χ0n) is 8.60. The first-order valence-electron chi connectivity index (χ1n) is 4.23. The molecule has 0 spiro atoms. The molecule has 0 saturated heterocycles. The molecule has 0 saturated carbocycles. The molecule has 0 fully saturated rings. The Morgan fingerprint density at radius 1 is 1.33 bits per heavy atom. The Bertz CT molecular complexity index is 417. The number of guanidine groups is 1. The fourth-order valence-corrected chi connectivity index (χ4v) is 1.03. The second kappa shape index (κ2) is 4.36. The summed E-state index contributed by atoms with van der Waals surface area (Å²) in [4.78, 5) is 7.86. The number of rotatable bonds is 2. The van der Waals surface area contributed by atoms with Crippen LogP contribution in [0.3, 0.4) is 0 Å². The Hall–Kier alpha value is -2.18. The van der Waals surface area contributed by atoms with Gasteiger partial charge in [-0.15, -0.1) is 5.10 Å². The van der Waals surface area contributed by atoms with Crippen molar-refractivity contribution in [2.75, 3.05) is 5.73 Å². The Balaban J connectivity index is 3.06. The van der Waals surface area contributed by atoms with Crippen LogP contribution in [0.2, 0.25) is 0 Å². The van der Waals surface area contributed by atoms with E-state index in [1.54, 1.807) is 13.1 Å². The molecule has 0 atom stereocenters. The van der Waals surface area contributed by atoms with E-state index in [0.29, 0.717) is 5.71 Å². The molecular weight excluding hydrogens is 194 g/mol. The van der Waals surface area contributed by atoms with Gasteiger partial charge in [0.15, 0.2) is 0 Å². The molecule has 80 valence electrons. The fourth-order valence-electron chi connectivity index (χ4n) is 1.03. The summed E-state index contributed by atoms with van der Waals surface area (Å²) in [6.45, 7) is 3.57. The molecule has 1 heterocycles. The number of anilines is 1. The van der Waals surface area contributed by atoms with Crippen LogP contribution < -0.4 is 17.2 Å². The minimum absolute atomic E-state index is 0.0941. The lowest BCUT2D eigenvalue weighted by Crippen LogP contribution is -2.22. The predicted octanol–water partition coefficient (Wildman–Crippen LogP) is -0.635.